The molecule has 1 aromatic rings. The van der Waals surface area contributed by atoms with Crippen molar-refractivity contribution < 1.29 is 18.7 Å². The number of rotatable bonds is 14. The van der Waals surface area contributed by atoms with Gasteiger partial charge in [0.1, 0.15) is 12.4 Å². The molecule has 26 heavy (non-hydrogen) atoms. The van der Waals surface area contributed by atoms with Gasteiger partial charge in [-0.3, -0.25) is 9.79 Å². The average Bonchev–Trinajstić information content (AvgIpc) is 3.15. The highest BCUT2D eigenvalue weighted by Gasteiger charge is 2.01. The Morgan fingerprint density at radius 3 is 2.62 bits per heavy atom. The molecule has 0 bridgehead atoms. The summed E-state index contributed by atoms with van der Waals surface area (Å²) in [7, 11) is 1.77. The average molecular weight is 367 g/mol. The molecule has 7 heteroatoms. The number of nitrogens with one attached hydrogen (secondary N) is 2. The number of ether oxygens (including phenoxy) is 2. The summed E-state index contributed by atoms with van der Waals surface area (Å²) in [6.07, 6.45) is 7.14. The van der Waals surface area contributed by atoms with Crippen LogP contribution in [0.3, 0.4) is 0 Å². The van der Waals surface area contributed by atoms with Gasteiger partial charge in [-0.1, -0.05) is 12.8 Å². The van der Waals surface area contributed by atoms with Crippen molar-refractivity contribution in [2.45, 2.75) is 52.1 Å². The highest BCUT2D eigenvalue weighted by molar-refractivity contribution is 5.79. The standard InChI is InChI=1S/C19H33N3O4/c1-3-25-18(23)11-6-4-5-7-12-21-19(20-2)22-13-9-14-24-16-17-10-8-15-26-17/h8,10,15H,3-7,9,11-14,16H2,1-2H3,(H2,20,21,22). The van der Waals surface area contributed by atoms with E-state index in [9.17, 15) is 4.79 Å². The molecule has 0 radical (unpaired) electrons. The topological polar surface area (TPSA) is 85.1 Å². The first-order chi connectivity index (χ1) is 12.8. The summed E-state index contributed by atoms with van der Waals surface area (Å²) < 4.78 is 15.6. The number of aliphatic imine (C=N–C) groups is 1. The van der Waals surface area contributed by atoms with Crippen LogP contribution in [-0.2, 0) is 20.9 Å². The van der Waals surface area contributed by atoms with Crippen LogP contribution in [0, 0.1) is 0 Å². The first-order valence-electron chi connectivity index (χ1n) is 9.46. The minimum atomic E-state index is -0.0941. The van der Waals surface area contributed by atoms with Crippen LogP contribution in [-0.4, -0.2) is 45.3 Å². The van der Waals surface area contributed by atoms with Crippen LogP contribution in [0.15, 0.2) is 27.8 Å². The molecule has 1 rings (SSSR count). The summed E-state index contributed by atoms with van der Waals surface area (Å²) in [6, 6.07) is 3.76. The second kappa shape index (κ2) is 15.3. The molecule has 0 atom stereocenters. The van der Waals surface area contributed by atoms with Gasteiger partial charge < -0.3 is 24.5 Å². The van der Waals surface area contributed by atoms with Gasteiger partial charge in [-0.25, -0.2) is 0 Å². The first kappa shape index (κ1) is 22.0. The van der Waals surface area contributed by atoms with Crippen molar-refractivity contribution in [1.29, 1.82) is 0 Å². The first-order valence-corrected chi connectivity index (χ1v) is 9.46. The molecule has 0 unspecified atom stereocenters. The van der Waals surface area contributed by atoms with Crippen molar-refractivity contribution >= 4 is 11.9 Å². The second-order valence-corrected chi connectivity index (χ2v) is 5.88. The van der Waals surface area contributed by atoms with Crippen molar-refractivity contribution in [3.8, 4) is 0 Å². The van der Waals surface area contributed by atoms with E-state index in [4.69, 9.17) is 13.9 Å². The van der Waals surface area contributed by atoms with Crippen LogP contribution in [0.5, 0.6) is 0 Å². The summed E-state index contributed by atoms with van der Waals surface area (Å²) in [4.78, 5) is 15.4. The smallest absolute Gasteiger partial charge is 0.305 e. The number of carbonyl (C=O) groups is 1. The number of hydrogen-bond donors (Lipinski definition) is 2. The van der Waals surface area contributed by atoms with Crippen LogP contribution in [0.1, 0.15) is 51.2 Å². The van der Waals surface area contributed by atoms with E-state index in [0.717, 1.165) is 56.9 Å². The Hall–Kier alpha value is -2.02. The molecule has 1 heterocycles. The highest BCUT2D eigenvalue weighted by Crippen LogP contribution is 2.04. The van der Waals surface area contributed by atoms with E-state index in [2.05, 4.69) is 15.6 Å². The Morgan fingerprint density at radius 1 is 1.15 bits per heavy atom. The third-order valence-electron chi connectivity index (χ3n) is 3.71. The van der Waals surface area contributed by atoms with Gasteiger partial charge in [0.25, 0.3) is 0 Å². The number of furan rings is 1. The van der Waals surface area contributed by atoms with Crippen LogP contribution >= 0.6 is 0 Å². The normalized spacial score (nSPS) is 11.4. The van der Waals surface area contributed by atoms with Crippen molar-refractivity contribution in [1.82, 2.24) is 10.6 Å². The molecule has 0 fully saturated rings. The van der Waals surface area contributed by atoms with E-state index in [1.165, 1.54) is 0 Å². The molecule has 0 amide bonds. The summed E-state index contributed by atoms with van der Waals surface area (Å²) >= 11 is 0. The number of carbonyl (C=O) groups excluding carboxylic acids is 1. The molecular formula is C19H33N3O4. The zero-order valence-corrected chi connectivity index (χ0v) is 16.1. The number of nitrogens with zero attached hydrogens (tertiary/aromatic N) is 1. The second-order valence-electron chi connectivity index (χ2n) is 5.88. The van der Waals surface area contributed by atoms with Gasteiger partial charge in [0, 0.05) is 33.2 Å². The molecule has 7 nitrogen and oxygen atoms in total. The predicted molar refractivity (Wildman–Crippen MR) is 102 cm³/mol. The molecule has 2 N–H and O–H groups in total. The van der Waals surface area contributed by atoms with Gasteiger partial charge >= 0.3 is 5.97 Å². The number of hydrogen-bond acceptors (Lipinski definition) is 5. The van der Waals surface area contributed by atoms with Crippen LogP contribution in [0.2, 0.25) is 0 Å². The molecule has 1 aromatic heterocycles. The third-order valence-corrected chi connectivity index (χ3v) is 3.71. The van der Waals surface area contributed by atoms with Crippen LogP contribution in [0.25, 0.3) is 0 Å². The molecule has 0 aromatic carbocycles. The maximum absolute atomic E-state index is 11.2. The Bertz CT molecular complexity index is 489. The van der Waals surface area contributed by atoms with E-state index >= 15 is 0 Å². The maximum Gasteiger partial charge on any atom is 0.305 e. The molecule has 0 aliphatic rings. The SMILES string of the molecule is CCOC(=O)CCCCCCNC(=NC)NCCCOCc1ccco1. The maximum atomic E-state index is 11.2. The van der Waals surface area contributed by atoms with Crippen molar-refractivity contribution in [2.75, 3.05) is 33.4 Å². The van der Waals surface area contributed by atoms with Gasteiger partial charge in [-0.05, 0) is 38.3 Å². The Labute approximate surface area is 156 Å². The predicted octanol–water partition coefficient (Wildman–Crippen LogP) is 2.86. The Morgan fingerprint density at radius 2 is 1.92 bits per heavy atom. The minimum Gasteiger partial charge on any atom is -0.467 e. The van der Waals surface area contributed by atoms with E-state index in [1.807, 2.05) is 19.1 Å². The fourth-order valence-corrected chi connectivity index (χ4v) is 2.36. The zero-order valence-electron chi connectivity index (χ0n) is 16.1. The summed E-state index contributed by atoms with van der Waals surface area (Å²) in [5.74, 6) is 1.56. The van der Waals surface area contributed by atoms with Crippen molar-refractivity contribution in [3.63, 3.8) is 0 Å². The lowest BCUT2D eigenvalue weighted by Crippen LogP contribution is -2.38. The third kappa shape index (κ3) is 11.5. The summed E-state index contributed by atoms with van der Waals surface area (Å²) in [6.45, 7) is 5.15. The Kier molecular flexibility index (Phi) is 12.9. The molecule has 0 aliphatic carbocycles. The number of guanidine groups is 1. The fourth-order valence-electron chi connectivity index (χ4n) is 2.36. The highest BCUT2D eigenvalue weighted by atomic mass is 16.5. The molecule has 0 aliphatic heterocycles. The molecule has 0 spiro atoms. The summed E-state index contributed by atoms with van der Waals surface area (Å²) in [5.41, 5.74) is 0. The van der Waals surface area contributed by atoms with E-state index in [-0.39, 0.29) is 5.97 Å². The monoisotopic (exact) mass is 367 g/mol. The van der Waals surface area contributed by atoms with Gasteiger partial charge in [0.05, 0.1) is 12.9 Å². The van der Waals surface area contributed by atoms with E-state index in [1.54, 1.807) is 13.3 Å². The molecular weight excluding hydrogens is 334 g/mol. The van der Waals surface area contributed by atoms with Crippen LogP contribution < -0.4 is 10.6 Å². The van der Waals surface area contributed by atoms with Crippen LogP contribution in [0.4, 0.5) is 0 Å². The van der Waals surface area contributed by atoms with Gasteiger partial charge in [0.2, 0.25) is 0 Å². The quantitative estimate of drug-likeness (QED) is 0.228. The fraction of sp³-hybridized carbons (Fsp3) is 0.684. The largest absolute Gasteiger partial charge is 0.467 e. The Balaban J connectivity index is 1.91. The minimum absolute atomic E-state index is 0.0941. The molecule has 0 saturated heterocycles. The van der Waals surface area contributed by atoms with E-state index in [0.29, 0.717) is 26.2 Å². The lowest BCUT2D eigenvalue weighted by atomic mass is 10.1. The van der Waals surface area contributed by atoms with Gasteiger partial charge in [-0.15, -0.1) is 0 Å². The van der Waals surface area contributed by atoms with Crippen molar-refractivity contribution in [3.05, 3.63) is 24.2 Å². The van der Waals surface area contributed by atoms with Gasteiger partial charge in [0.15, 0.2) is 5.96 Å². The molecule has 148 valence electrons. The number of esters is 1. The molecule has 0 saturated carbocycles. The van der Waals surface area contributed by atoms with Crippen molar-refractivity contribution in [2.24, 2.45) is 4.99 Å². The zero-order chi connectivity index (χ0) is 18.9. The lowest BCUT2D eigenvalue weighted by molar-refractivity contribution is -0.143. The lowest BCUT2D eigenvalue weighted by Gasteiger charge is -2.11. The van der Waals surface area contributed by atoms with Gasteiger partial charge in [-0.2, -0.15) is 0 Å². The number of unbranched alkanes of at least 4 members (excludes halogenated alkanes) is 3. The summed E-state index contributed by atoms with van der Waals surface area (Å²) in [5, 5.41) is 6.56. The van der Waals surface area contributed by atoms with E-state index < -0.39 is 0 Å².